The van der Waals surface area contributed by atoms with Crippen LogP contribution in [0.5, 0.6) is 0 Å². The molecule has 2 aromatic carbocycles. The summed E-state index contributed by atoms with van der Waals surface area (Å²) < 4.78 is 4.85. The van der Waals surface area contributed by atoms with Gasteiger partial charge >= 0.3 is 5.97 Å². The zero-order chi connectivity index (χ0) is 18.7. The van der Waals surface area contributed by atoms with Gasteiger partial charge in [-0.2, -0.15) is 0 Å². The second-order valence-electron chi connectivity index (χ2n) is 6.59. The number of methoxy groups -OCH3 is 1. The minimum absolute atomic E-state index is 0.00428. The zero-order valence-corrected chi connectivity index (χ0v) is 15.4. The van der Waals surface area contributed by atoms with E-state index in [9.17, 15) is 9.59 Å². The third-order valence-electron chi connectivity index (χ3n) is 4.91. The van der Waals surface area contributed by atoms with Crippen LogP contribution in [0.3, 0.4) is 0 Å². The molecule has 1 heterocycles. The fraction of sp³-hybridized carbons (Fsp3) is 0.333. The topological polar surface area (TPSA) is 49.9 Å². The van der Waals surface area contributed by atoms with Crippen molar-refractivity contribution in [2.24, 2.45) is 0 Å². The van der Waals surface area contributed by atoms with Crippen molar-refractivity contribution in [3.8, 4) is 0 Å². The molecule has 1 aliphatic heterocycles. The molecular weight excluding hydrogens is 328 g/mol. The van der Waals surface area contributed by atoms with E-state index in [4.69, 9.17) is 4.74 Å². The summed E-state index contributed by atoms with van der Waals surface area (Å²) >= 11 is 0. The molecule has 0 fully saturated rings. The molecule has 0 radical (unpaired) electrons. The Balaban J connectivity index is 2.04. The lowest BCUT2D eigenvalue weighted by molar-refractivity contribution is -0.139. The highest BCUT2D eigenvalue weighted by Gasteiger charge is 2.35. The number of para-hydroxylation sites is 2. The Labute approximate surface area is 154 Å². The van der Waals surface area contributed by atoms with Crippen LogP contribution in [0, 0.1) is 0 Å². The van der Waals surface area contributed by atoms with Crippen molar-refractivity contribution in [3.63, 3.8) is 0 Å². The van der Waals surface area contributed by atoms with E-state index < -0.39 is 0 Å². The van der Waals surface area contributed by atoms with Gasteiger partial charge < -0.3 is 14.5 Å². The van der Waals surface area contributed by atoms with Gasteiger partial charge in [0.25, 0.3) is 0 Å². The molecule has 0 spiro atoms. The first kappa shape index (κ1) is 18.0. The minimum atomic E-state index is -0.267. The maximum Gasteiger partial charge on any atom is 0.325 e. The molecule has 5 nitrogen and oxygen atoms in total. The summed E-state index contributed by atoms with van der Waals surface area (Å²) in [6.07, 6.45) is 0.739. The first-order chi connectivity index (χ1) is 12.5. The standard InChI is InChI=1S/C21H24N2O3/c1-15-13-20(23(16(2)24)17-9-5-4-6-10-17)18-11-7-8-12-19(18)22(15)14-21(25)26-3/h4-12,15,20H,13-14H2,1-3H3. The van der Waals surface area contributed by atoms with Crippen LogP contribution < -0.4 is 9.80 Å². The highest BCUT2D eigenvalue weighted by atomic mass is 16.5. The van der Waals surface area contributed by atoms with Gasteiger partial charge in [-0.25, -0.2) is 0 Å². The van der Waals surface area contributed by atoms with Gasteiger partial charge in [-0.3, -0.25) is 9.59 Å². The summed E-state index contributed by atoms with van der Waals surface area (Å²) in [5.74, 6) is -0.263. The van der Waals surface area contributed by atoms with Crippen LogP contribution in [0.15, 0.2) is 54.6 Å². The Bertz CT molecular complexity index is 791. The molecular formula is C21H24N2O3. The summed E-state index contributed by atoms with van der Waals surface area (Å²) in [5, 5.41) is 0. The molecule has 136 valence electrons. The summed E-state index contributed by atoms with van der Waals surface area (Å²) in [6.45, 7) is 3.88. The molecule has 2 aromatic rings. The van der Waals surface area contributed by atoms with Crippen molar-refractivity contribution in [3.05, 3.63) is 60.2 Å². The number of hydrogen-bond acceptors (Lipinski definition) is 4. The van der Waals surface area contributed by atoms with E-state index in [0.29, 0.717) is 0 Å². The van der Waals surface area contributed by atoms with Crippen LogP contribution in [0.25, 0.3) is 0 Å². The second kappa shape index (κ2) is 7.60. The van der Waals surface area contributed by atoms with Crippen molar-refractivity contribution < 1.29 is 14.3 Å². The van der Waals surface area contributed by atoms with Crippen LogP contribution >= 0.6 is 0 Å². The molecule has 0 aliphatic carbocycles. The maximum absolute atomic E-state index is 12.5. The molecule has 0 saturated carbocycles. The molecule has 2 atom stereocenters. The van der Waals surface area contributed by atoms with Crippen molar-refractivity contribution in [2.75, 3.05) is 23.5 Å². The fourth-order valence-electron chi connectivity index (χ4n) is 3.70. The number of carbonyl (C=O) groups is 2. The molecule has 0 aromatic heterocycles. The van der Waals surface area contributed by atoms with E-state index in [1.54, 1.807) is 6.92 Å². The molecule has 0 saturated heterocycles. The lowest BCUT2D eigenvalue weighted by atomic mass is 9.90. The predicted octanol–water partition coefficient (Wildman–Crippen LogP) is 3.55. The van der Waals surface area contributed by atoms with Gasteiger partial charge in [-0.15, -0.1) is 0 Å². The highest BCUT2D eigenvalue weighted by molar-refractivity contribution is 5.93. The first-order valence-corrected chi connectivity index (χ1v) is 8.80. The Morgan fingerprint density at radius 1 is 1.12 bits per heavy atom. The van der Waals surface area contributed by atoms with Gasteiger partial charge in [0.2, 0.25) is 5.91 Å². The largest absolute Gasteiger partial charge is 0.468 e. The number of hydrogen-bond donors (Lipinski definition) is 0. The third-order valence-corrected chi connectivity index (χ3v) is 4.91. The Hall–Kier alpha value is -2.82. The summed E-state index contributed by atoms with van der Waals surface area (Å²) in [4.78, 5) is 28.3. The number of anilines is 2. The van der Waals surface area contributed by atoms with Gasteiger partial charge in [0, 0.05) is 24.3 Å². The molecule has 1 aliphatic rings. The number of nitrogens with zero attached hydrogens (tertiary/aromatic N) is 2. The number of fused-ring (bicyclic) bond motifs is 1. The third kappa shape index (κ3) is 3.43. The normalized spacial score (nSPS) is 18.8. The van der Waals surface area contributed by atoms with Crippen molar-refractivity contribution in [2.45, 2.75) is 32.4 Å². The van der Waals surface area contributed by atoms with Crippen molar-refractivity contribution in [1.82, 2.24) is 0 Å². The molecule has 0 bridgehead atoms. The average molecular weight is 352 g/mol. The smallest absolute Gasteiger partial charge is 0.325 e. The lowest BCUT2D eigenvalue weighted by Crippen LogP contribution is -2.46. The first-order valence-electron chi connectivity index (χ1n) is 8.80. The summed E-state index contributed by atoms with van der Waals surface area (Å²) in [6, 6.07) is 17.7. The lowest BCUT2D eigenvalue weighted by Gasteiger charge is -2.44. The number of amides is 1. The van der Waals surface area contributed by atoms with Gasteiger partial charge in [0.05, 0.1) is 13.2 Å². The molecule has 5 heteroatoms. The molecule has 1 amide bonds. The quantitative estimate of drug-likeness (QED) is 0.790. The number of benzene rings is 2. The second-order valence-corrected chi connectivity index (χ2v) is 6.59. The summed E-state index contributed by atoms with van der Waals surface area (Å²) in [7, 11) is 1.40. The van der Waals surface area contributed by atoms with Crippen LogP contribution in [0.1, 0.15) is 31.9 Å². The van der Waals surface area contributed by atoms with E-state index in [-0.39, 0.29) is 30.5 Å². The highest BCUT2D eigenvalue weighted by Crippen LogP contribution is 2.41. The predicted molar refractivity (Wildman–Crippen MR) is 102 cm³/mol. The Kier molecular flexibility index (Phi) is 5.26. The van der Waals surface area contributed by atoms with Crippen molar-refractivity contribution in [1.29, 1.82) is 0 Å². The maximum atomic E-state index is 12.5. The van der Waals surface area contributed by atoms with Crippen LogP contribution in [-0.2, 0) is 14.3 Å². The van der Waals surface area contributed by atoms with Crippen LogP contribution in [0.4, 0.5) is 11.4 Å². The zero-order valence-electron chi connectivity index (χ0n) is 15.4. The van der Waals surface area contributed by atoms with Crippen LogP contribution in [-0.4, -0.2) is 31.6 Å². The van der Waals surface area contributed by atoms with Gasteiger partial charge in [-0.1, -0.05) is 36.4 Å². The Morgan fingerprint density at radius 2 is 1.77 bits per heavy atom. The van der Waals surface area contributed by atoms with E-state index >= 15 is 0 Å². The van der Waals surface area contributed by atoms with E-state index in [0.717, 1.165) is 23.4 Å². The van der Waals surface area contributed by atoms with Gasteiger partial charge in [0.15, 0.2) is 0 Å². The number of ether oxygens (including phenoxy) is 1. The molecule has 2 unspecified atom stereocenters. The minimum Gasteiger partial charge on any atom is -0.468 e. The fourth-order valence-corrected chi connectivity index (χ4v) is 3.70. The van der Waals surface area contributed by atoms with E-state index in [1.807, 2.05) is 59.5 Å². The molecule has 26 heavy (non-hydrogen) atoms. The van der Waals surface area contributed by atoms with Crippen molar-refractivity contribution >= 4 is 23.3 Å². The number of rotatable bonds is 4. The van der Waals surface area contributed by atoms with E-state index in [2.05, 4.69) is 11.8 Å². The monoisotopic (exact) mass is 352 g/mol. The Morgan fingerprint density at radius 3 is 2.42 bits per heavy atom. The van der Waals surface area contributed by atoms with Gasteiger partial charge in [-0.05, 0) is 37.1 Å². The van der Waals surface area contributed by atoms with E-state index in [1.165, 1.54) is 7.11 Å². The summed E-state index contributed by atoms with van der Waals surface area (Å²) in [5.41, 5.74) is 2.91. The van der Waals surface area contributed by atoms with Crippen LogP contribution in [0.2, 0.25) is 0 Å². The number of carbonyl (C=O) groups excluding carboxylic acids is 2. The SMILES string of the molecule is COC(=O)CN1c2ccccc2C(N(C(C)=O)c2ccccc2)CC1C. The van der Waals surface area contributed by atoms with Gasteiger partial charge in [0.1, 0.15) is 6.54 Å². The molecule has 3 rings (SSSR count). The average Bonchev–Trinajstić information content (AvgIpc) is 2.65. The number of esters is 1. The molecule has 0 N–H and O–H groups in total.